The lowest BCUT2D eigenvalue weighted by atomic mass is 10.2. The molecule has 90 valence electrons. The number of nitrogens with zero attached hydrogens (tertiary/aromatic N) is 2. The summed E-state index contributed by atoms with van der Waals surface area (Å²) in [5.41, 5.74) is 1.83. The van der Waals surface area contributed by atoms with Gasteiger partial charge in [0.05, 0.1) is 12.8 Å². The van der Waals surface area contributed by atoms with Gasteiger partial charge in [0.25, 0.3) is 0 Å². The van der Waals surface area contributed by atoms with E-state index >= 15 is 0 Å². The molecule has 0 spiro atoms. The van der Waals surface area contributed by atoms with Crippen molar-refractivity contribution in [2.75, 3.05) is 0 Å². The third-order valence-electron chi connectivity index (χ3n) is 2.55. The third kappa shape index (κ3) is 2.85. The van der Waals surface area contributed by atoms with Crippen LogP contribution in [0.5, 0.6) is 5.75 Å². The second-order valence-electron chi connectivity index (χ2n) is 3.76. The van der Waals surface area contributed by atoms with Gasteiger partial charge in [-0.25, -0.2) is 0 Å². The summed E-state index contributed by atoms with van der Waals surface area (Å²) in [5.74, 6) is 0.722. The highest BCUT2D eigenvalue weighted by Crippen LogP contribution is 2.18. The minimum Gasteiger partial charge on any atom is -0.488 e. The van der Waals surface area contributed by atoms with Crippen molar-refractivity contribution < 1.29 is 9.84 Å². The number of aliphatic hydroxyl groups is 1. The Bertz CT molecular complexity index is 480. The molecule has 4 heteroatoms. The molecule has 4 nitrogen and oxygen atoms in total. The Morgan fingerprint density at radius 3 is 2.88 bits per heavy atom. The molecule has 0 unspecified atom stereocenters. The van der Waals surface area contributed by atoms with E-state index in [9.17, 15) is 0 Å². The van der Waals surface area contributed by atoms with Gasteiger partial charge in [-0.3, -0.25) is 4.68 Å². The van der Waals surface area contributed by atoms with Gasteiger partial charge >= 0.3 is 0 Å². The van der Waals surface area contributed by atoms with E-state index < -0.39 is 0 Å². The first-order valence-corrected chi connectivity index (χ1v) is 5.66. The zero-order valence-corrected chi connectivity index (χ0v) is 9.84. The SMILES string of the molecule is CCn1cc(COc2ccccc2CO)cn1. The van der Waals surface area contributed by atoms with E-state index in [4.69, 9.17) is 9.84 Å². The van der Waals surface area contributed by atoms with Gasteiger partial charge in [0.2, 0.25) is 0 Å². The molecule has 0 aliphatic rings. The van der Waals surface area contributed by atoms with Crippen LogP contribution in [0.4, 0.5) is 0 Å². The van der Waals surface area contributed by atoms with E-state index in [2.05, 4.69) is 5.10 Å². The summed E-state index contributed by atoms with van der Waals surface area (Å²) in [7, 11) is 0. The van der Waals surface area contributed by atoms with Crippen molar-refractivity contribution in [1.82, 2.24) is 9.78 Å². The molecule has 0 saturated heterocycles. The number of para-hydroxylation sites is 1. The Morgan fingerprint density at radius 1 is 1.35 bits per heavy atom. The molecule has 0 bridgehead atoms. The fourth-order valence-corrected chi connectivity index (χ4v) is 1.59. The maximum absolute atomic E-state index is 9.16. The van der Waals surface area contributed by atoms with Gasteiger partial charge in [-0.1, -0.05) is 18.2 Å². The van der Waals surface area contributed by atoms with E-state index in [0.717, 1.165) is 23.4 Å². The molecule has 0 aliphatic carbocycles. The van der Waals surface area contributed by atoms with Crippen LogP contribution in [0.2, 0.25) is 0 Å². The lowest BCUT2D eigenvalue weighted by Crippen LogP contribution is -1.98. The summed E-state index contributed by atoms with van der Waals surface area (Å²) >= 11 is 0. The van der Waals surface area contributed by atoms with Gasteiger partial charge in [0.1, 0.15) is 12.4 Å². The summed E-state index contributed by atoms with van der Waals surface area (Å²) in [6, 6.07) is 7.48. The third-order valence-corrected chi connectivity index (χ3v) is 2.55. The van der Waals surface area contributed by atoms with E-state index in [1.807, 2.05) is 42.1 Å². The molecule has 1 aromatic heterocycles. The van der Waals surface area contributed by atoms with Crippen molar-refractivity contribution in [1.29, 1.82) is 0 Å². The van der Waals surface area contributed by atoms with Crippen LogP contribution in [0.3, 0.4) is 0 Å². The van der Waals surface area contributed by atoms with Gasteiger partial charge in [-0.05, 0) is 13.0 Å². The largest absolute Gasteiger partial charge is 0.488 e. The zero-order valence-electron chi connectivity index (χ0n) is 9.84. The molecular weight excluding hydrogens is 216 g/mol. The van der Waals surface area contributed by atoms with E-state index in [0.29, 0.717) is 6.61 Å². The highest BCUT2D eigenvalue weighted by molar-refractivity contribution is 5.32. The molecule has 0 saturated carbocycles. The van der Waals surface area contributed by atoms with Crippen LogP contribution in [-0.4, -0.2) is 14.9 Å². The predicted molar refractivity (Wildman–Crippen MR) is 64.6 cm³/mol. The molecular formula is C13H16N2O2. The van der Waals surface area contributed by atoms with E-state index in [1.54, 1.807) is 6.20 Å². The summed E-state index contributed by atoms with van der Waals surface area (Å²) < 4.78 is 7.52. The number of hydrogen-bond donors (Lipinski definition) is 1. The van der Waals surface area contributed by atoms with Crippen LogP contribution in [0, 0.1) is 0 Å². The Kier molecular flexibility index (Phi) is 3.77. The minimum absolute atomic E-state index is 0.00953. The molecule has 0 radical (unpaired) electrons. The number of aryl methyl sites for hydroxylation is 1. The number of aliphatic hydroxyl groups excluding tert-OH is 1. The number of hydrogen-bond acceptors (Lipinski definition) is 3. The maximum atomic E-state index is 9.16. The topological polar surface area (TPSA) is 47.3 Å². The number of aromatic nitrogens is 2. The Morgan fingerprint density at radius 2 is 2.18 bits per heavy atom. The first-order chi connectivity index (χ1) is 8.33. The molecule has 0 atom stereocenters. The Balaban J connectivity index is 2.01. The lowest BCUT2D eigenvalue weighted by Gasteiger charge is -2.08. The van der Waals surface area contributed by atoms with Gasteiger partial charge in [0.15, 0.2) is 0 Å². The van der Waals surface area contributed by atoms with Crippen LogP contribution in [-0.2, 0) is 19.8 Å². The molecule has 0 aliphatic heterocycles. The standard InChI is InChI=1S/C13H16N2O2/c1-2-15-8-11(7-14-15)10-17-13-6-4-3-5-12(13)9-16/h3-8,16H,2,9-10H2,1H3. The average Bonchev–Trinajstić information content (AvgIpc) is 2.84. The molecule has 2 aromatic rings. The van der Waals surface area contributed by atoms with Crippen molar-refractivity contribution in [3.63, 3.8) is 0 Å². The van der Waals surface area contributed by atoms with Crippen LogP contribution < -0.4 is 4.74 Å². The molecule has 1 heterocycles. The van der Waals surface area contributed by atoms with Crippen LogP contribution in [0.25, 0.3) is 0 Å². The monoisotopic (exact) mass is 232 g/mol. The van der Waals surface area contributed by atoms with E-state index in [-0.39, 0.29) is 6.61 Å². The Hall–Kier alpha value is -1.81. The predicted octanol–water partition coefficient (Wildman–Crippen LogP) is 1.97. The van der Waals surface area contributed by atoms with Crippen LogP contribution in [0.15, 0.2) is 36.7 Å². The number of rotatable bonds is 5. The van der Waals surface area contributed by atoms with Crippen molar-refractivity contribution in [2.45, 2.75) is 26.7 Å². The lowest BCUT2D eigenvalue weighted by molar-refractivity contribution is 0.259. The summed E-state index contributed by atoms with van der Waals surface area (Å²) in [4.78, 5) is 0. The van der Waals surface area contributed by atoms with Gasteiger partial charge in [-0.2, -0.15) is 5.10 Å². The van der Waals surface area contributed by atoms with Gasteiger partial charge in [-0.15, -0.1) is 0 Å². The number of benzene rings is 1. The minimum atomic E-state index is -0.00953. The molecule has 2 rings (SSSR count). The zero-order chi connectivity index (χ0) is 12.1. The highest BCUT2D eigenvalue weighted by atomic mass is 16.5. The normalized spacial score (nSPS) is 10.5. The fraction of sp³-hybridized carbons (Fsp3) is 0.308. The van der Waals surface area contributed by atoms with Crippen molar-refractivity contribution in [2.24, 2.45) is 0 Å². The van der Waals surface area contributed by atoms with Crippen LogP contribution >= 0.6 is 0 Å². The van der Waals surface area contributed by atoms with Crippen LogP contribution in [0.1, 0.15) is 18.1 Å². The second-order valence-corrected chi connectivity index (χ2v) is 3.76. The first kappa shape index (κ1) is 11.7. The fourth-order valence-electron chi connectivity index (χ4n) is 1.59. The molecule has 1 N–H and O–H groups in total. The second kappa shape index (κ2) is 5.50. The summed E-state index contributed by atoms with van der Waals surface area (Å²) in [6.45, 7) is 3.35. The average molecular weight is 232 g/mol. The molecule has 1 aromatic carbocycles. The quantitative estimate of drug-likeness (QED) is 0.857. The molecule has 17 heavy (non-hydrogen) atoms. The van der Waals surface area contributed by atoms with Gasteiger partial charge in [0, 0.05) is 23.9 Å². The van der Waals surface area contributed by atoms with Crippen molar-refractivity contribution in [3.8, 4) is 5.75 Å². The maximum Gasteiger partial charge on any atom is 0.125 e. The number of ether oxygens (including phenoxy) is 1. The first-order valence-electron chi connectivity index (χ1n) is 5.66. The van der Waals surface area contributed by atoms with Crippen molar-refractivity contribution >= 4 is 0 Å². The summed E-state index contributed by atoms with van der Waals surface area (Å²) in [5, 5.41) is 13.3. The smallest absolute Gasteiger partial charge is 0.125 e. The van der Waals surface area contributed by atoms with Crippen molar-refractivity contribution in [3.05, 3.63) is 47.8 Å². The van der Waals surface area contributed by atoms with Gasteiger partial charge < -0.3 is 9.84 Å². The molecule has 0 amide bonds. The summed E-state index contributed by atoms with van der Waals surface area (Å²) in [6.07, 6.45) is 3.76. The highest BCUT2D eigenvalue weighted by Gasteiger charge is 2.03. The molecule has 0 fully saturated rings. The Labute approximate surface area is 100 Å². The van der Waals surface area contributed by atoms with E-state index in [1.165, 1.54) is 0 Å².